The molecule has 0 radical (unpaired) electrons. The van der Waals surface area contributed by atoms with Crippen LogP contribution in [0, 0.1) is 0 Å². The second kappa shape index (κ2) is 3.96. The summed E-state index contributed by atoms with van der Waals surface area (Å²) >= 11 is 5.90. The number of halogens is 1. The third-order valence-corrected chi connectivity index (χ3v) is 3.62. The molecule has 1 aromatic heterocycles. The van der Waals surface area contributed by atoms with Crippen molar-refractivity contribution in [1.29, 1.82) is 0 Å². The molecule has 0 amide bonds. The van der Waals surface area contributed by atoms with Gasteiger partial charge in [0, 0.05) is 25.2 Å². The van der Waals surface area contributed by atoms with Gasteiger partial charge in [-0.25, -0.2) is 4.79 Å². The van der Waals surface area contributed by atoms with Gasteiger partial charge in [-0.3, -0.25) is 13.9 Å². The van der Waals surface area contributed by atoms with E-state index in [0.717, 1.165) is 0 Å². The number of rotatable bonds is 1. The van der Waals surface area contributed by atoms with Crippen molar-refractivity contribution in [3.05, 3.63) is 44.1 Å². The maximum absolute atomic E-state index is 12.3. The molecule has 2 heterocycles. The van der Waals surface area contributed by atoms with Crippen molar-refractivity contribution in [3.8, 4) is 0 Å². The van der Waals surface area contributed by atoms with Crippen LogP contribution in [0.2, 0.25) is 5.02 Å². The highest BCUT2D eigenvalue weighted by Gasteiger charge is 2.24. The summed E-state index contributed by atoms with van der Waals surface area (Å²) in [5.41, 5.74) is 0.0403. The third-order valence-electron chi connectivity index (χ3n) is 3.39. The van der Waals surface area contributed by atoms with Gasteiger partial charge >= 0.3 is 5.69 Å². The Morgan fingerprint density at radius 1 is 1.33 bits per heavy atom. The number of nitrogens with zero attached hydrogens (tertiary/aromatic N) is 2. The second-order valence-corrected chi connectivity index (χ2v) is 4.93. The number of hydrogen-bond acceptors (Lipinski definition) is 3. The van der Waals surface area contributed by atoms with E-state index in [2.05, 4.69) is 5.32 Å². The van der Waals surface area contributed by atoms with Crippen molar-refractivity contribution < 1.29 is 0 Å². The van der Waals surface area contributed by atoms with Crippen LogP contribution in [-0.2, 0) is 7.05 Å². The van der Waals surface area contributed by atoms with Crippen molar-refractivity contribution in [1.82, 2.24) is 14.5 Å². The van der Waals surface area contributed by atoms with E-state index in [4.69, 9.17) is 11.6 Å². The number of aromatic nitrogens is 2. The van der Waals surface area contributed by atoms with Crippen LogP contribution in [0.15, 0.2) is 27.8 Å². The van der Waals surface area contributed by atoms with Gasteiger partial charge in [0.2, 0.25) is 0 Å². The third kappa shape index (κ3) is 1.51. The maximum Gasteiger partial charge on any atom is 0.331 e. The van der Waals surface area contributed by atoms with Crippen LogP contribution in [0.25, 0.3) is 10.9 Å². The Morgan fingerprint density at radius 2 is 2.06 bits per heavy atom. The Bertz CT molecular complexity index is 743. The minimum absolute atomic E-state index is 0.0451. The summed E-state index contributed by atoms with van der Waals surface area (Å²) in [7, 11) is 1.66. The molecule has 1 aromatic carbocycles. The monoisotopic (exact) mass is 265 g/mol. The molecule has 0 aliphatic carbocycles. The fourth-order valence-electron chi connectivity index (χ4n) is 2.22. The number of nitrogens with one attached hydrogen (secondary N) is 1. The molecule has 1 aliphatic rings. The summed E-state index contributed by atoms with van der Waals surface area (Å²) in [6.07, 6.45) is 0. The molecule has 0 bridgehead atoms. The summed E-state index contributed by atoms with van der Waals surface area (Å²) in [4.78, 5) is 24.5. The van der Waals surface area contributed by atoms with Gasteiger partial charge in [-0.2, -0.15) is 0 Å². The van der Waals surface area contributed by atoms with E-state index >= 15 is 0 Å². The average Bonchev–Trinajstić information content (AvgIpc) is 2.29. The van der Waals surface area contributed by atoms with E-state index in [1.54, 1.807) is 25.2 Å². The summed E-state index contributed by atoms with van der Waals surface area (Å²) in [5.74, 6) is 0. The van der Waals surface area contributed by atoms with Crippen molar-refractivity contribution in [3.63, 3.8) is 0 Å². The molecule has 0 spiro atoms. The molecule has 1 N–H and O–H groups in total. The Labute approximate surface area is 108 Å². The van der Waals surface area contributed by atoms with Crippen LogP contribution in [0.5, 0.6) is 0 Å². The van der Waals surface area contributed by atoms with E-state index < -0.39 is 0 Å². The molecular formula is C12H12ClN3O2. The Balaban J connectivity index is 2.43. The highest BCUT2D eigenvalue weighted by molar-refractivity contribution is 6.31. The van der Waals surface area contributed by atoms with Gasteiger partial charge in [0.1, 0.15) is 0 Å². The first-order valence-electron chi connectivity index (χ1n) is 5.71. The SMILES string of the molecule is Cn1c(=O)n(C2CNC2)c(=O)c2ccc(Cl)cc21. The molecule has 1 fully saturated rings. The summed E-state index contributed by atoms with van der Waals surface area (Å²) in [6, 6.07) is 4.93. The van der Waals surface area contributed by atoms with Crippen LogP contribution < -0.4 is 16.6 Å². The summed E-state index contributed by atoms with van der Waals surface area (Å²) in [5, 5.41) is 4.10. The molecule has 5 nitrogen and oxygen atoms in total. The lowest BCUT2D eigenvalue weighted by Crippen LogP contribution is -2.53. The fraction of sp³-hybridized carbons (Fsp3) is 0.333. The van der Waals surface area contributed by atoms with Gasteiger partial charge in [-0.1, -0.05) is 11.6 Å². The van der Waals surface area contributed by atoms with Gasteiger partial charge in [-0.15, -0.1) is 0 Å². The zero-order chi connectivity index (χ0) is 12.9. The predicted molar refractivity (Wildman–Crippen MR) is 70.4 cm³/mol. The lowest BCUT2D eigenvalue weighted by Gasteiger charge is -2.28. The van der Waals surface area contributed by atoms with E-state index in [1.807, 2.05) is 0 Å². The Morgan fingerprint density at radius 3 is 2.67 bits per heavy atom. The minimum Gasteiger partial charge on any atom is -0.312 e. The van der Waals surface area contributed by atoms with E-state index in [0.29, 0.717) is 29.0 Å². The Kier molecular flexibility index (Phi) is 2.53. The minimum atomic E-state index is -0.290. The van der Waals surface area contributed by atoms with E-state index in [1.165, 1.54) is 9.13 Å². The second-order valence-electron chi connectivity index (χ2n) is 4.49. The molecule has 94 valence electrons. The van der Waals surface area contributed by atoms with Crippen LogP contribution in [0.1, 0.15) is 6.04 Å². The molecule has 2 aromatic rings. The number of aryl methyl sites for hydroxylation is 1. The van der Waals surface area contributed by atoms with Gasteiger partial charge in [0.25, 0.3) is 5.56 Å². The van der Waals surface area contributed by atoms with Crippen molar-refractivity contribution in [2.24, 2.45) is 7.05 Å². The lowest BCUT2D eigenvalue weighted by molar-refractivity contribution is 0.323. The number of benzene rings is 1. The molecule has 0 saturated carbocycles. The standard InChI is InChI=1S/C12H12ClN3O2/c1-15-10-4-7(13)2-3-9(10)11(17)16(12(15)18)8-5-14-6-8/h2-4,8,14H,5-6H2,1H3. The molecule has 18 heavy (non-hydrogen) atoms. The average molecular weight is 266 g/mol. The topological polar surface area (TPSA) is 56.0 Å². The fourth-order valence-corrected chi connectivity index (χ4v) is 2.39. The van der Waals surface area contributed by atoms with Crippen LogP contribution >= 0.6 is 11.6 Å². The summed E-state index contributed by atoms with van der Waals surface area (Å²) < 4.78 is 2.80. The summed E-state index contributed by atoms with van der Waals surface area (Å²) in [6.45, 7) is 1.32. The van der Waals surface area contributed by atoms with Crippen molar-refractivity contribution in [2.45, 2.75) is 6.04 Å². The molecule has 0 unspecified atom stereocenters. The van der Waals surface area contributed by atoms with Gasteiger partial charge in [-0.05, 0) is 18.2 Å². The predicted octanol–water partition coefficient (Wildman–Crippen LogP) is 0.498. The molecule has 1 saturated heterocycles. The first-order valence-corrected chi connectivity index (χ1v) is 6.09. The lowest BCUT2D eigenvalue weighted by atomic mass is 10.1. The smallest absolute Gasteiger partial charge is 0.312 e. The quantitative estimate of drug-likeness (QED) is 0.817. The zero-order valence-corrected chi connectivity index (χ0v) is 10.6. The molecular weight excluding hydrogens is 254 g/mol. The van der Waals surface area contributed by atoms with Crippen LogP contribution in [0.3, 0.4) is 0 Å². The molecule has 1 aliphatic heterocycles. The van der Waals surface area contributed by atoms with E-state index in [-0.39, 0.29) is 17.3 Å². The largest absolute Gasteiger partial charge is 0.331 e. The van der Waals surface area contributed by atoms with Gasteiger partial charge in [0.15, 0.2) is 0 Å². The van der Waals surface area contributed by atoms with Gasteiger partial charge in [0.05, 0.1) is 16.9 Å². The molecule has 0 atom stereocenters. The number of fused-ring (bicyclic) bond motifs is 1. The highest BCUT2D eigenvalue weighted by Crippen LogP contribution is 2.16. The van der Waals surface area contributed by atoms with Gasteiger partial charge < -0.3 is 5.32 Å². The van der Waals surface area contributed by atoms with Crippen molar-refractivity contribution in [2.75, 3.05) is 13.1 Å². The first-order chi connectivity index (χ1) is 8.59. The Hall–Kier alpha value is -1.59. The maximum atomic E-state index is 12.3. The van der Waals surface area contributed by atoms with E-state index in [9.17, 15) is 9.59 Å². The van der Waals surface area contributed by atoms with Crippen LogP contribution in [-0.4, -0.2) is 22.2 Å². The normalized spacial score (nSPS) is 15.9. The molecule has 3 rings (SSSR count). The van der Waals surface area contributed by atoms with Crippen LogP contribution in [0.4, 0.5) is 0 Å². The number of hydrogen-bond donors (Lipinski definition) is 1. The zero-order valence-electron chi connectivity index (χ0n) is 9.81. The molecule has 6 heteroatoms. The first kappa shape index (κ1) is 11.5. The highest BCUT2D eigenvalue weighted by atomic mass is 35.5. The van der Waals surface area contributed by atoms with Crippen molar-refractivity contribution >= 4 is 22.5 Å².